The van der Waals surface area contributed by atoms with Crippen LogP contribution in [-0.4, -0.2) is 62.1 Å². The average Bonchev–Trinajstić information content (AvgIpc) is 3.22. The lowest BCUT2D eigenvalue weighted by Gasteiger charge is -2.26. The molecule has 2 aliphatic rings. The lowest BCUT2D eigenvalue weighted by molar-refractivity contribution is 0.0359. The van der Waals surface area contributed by atoms with E-state index in [-0.39, 0.29) is 0 Å². The summed E-state index contributed by atoms with van der Waals surface area (Å²) in [5.74, 6) is 0.502. The molecule has 1 fully saturated rings. The Bertz CT molecular complexity index is 1120. The van der Waals surface area contributed by atoms with E-state index in [1.807, 2.05) is 23.9 Å². The summed E-state index contributed by atoms with van der Waals surface area (Å²) in [7, 11) is 0. The minimum Gasteiger partial charge on any atom is -0.379 e. The molecule has 10 heteroatoms. The summed E-state index contributed by atoms with van der Waals surface area (Å²) in [5.41, 5.74) is 5.91. The molecule has 0 saturated carbocycles. The first-order chi connectivity index (χ1) is 15.0. The van der Waals surface area contributed by atoms with Crippen molar-refractivity contribution in [2.45, 2.75) is 33.4 Å². The molecule has 3 aromatic heterocycles. The number of fused-ring (bicyclic) bond motifs is 3. The van der Waals surface area contributed by atoms with Crippen molar-refractivity contribution in [3.05, 3.63) is 39.4 Å². The molecule has 5 rings (SSSR count). The van der Waals surface area contributed by atoms with Crippen molar-refractivity contribution >= 4 is 34.8 Å². The van der Waals surface area contributed by atoms with Crippen molar-refractivity contribution in [2.24, 2.45) is 0 Å². The lowest BCUT2D eigenvalue weighted by Crippen LogP contribution is -2.38. The Morgan fingerprint density at radius 3 is 2.74 bits per heavy atom. The van der Waals surface area contributed by atoms with Crippen LogP contribution < -0.4 is 5.32 Å². The molecule has 8 nitrogen and oxygen atoms in total. The molecule has 0 bridgehead atoms. The fraction of sp³-hybridized carbons (Fsp3) is 0.476. The highest BCUT2D eigenvalue weighted by molar-refractivity contribution is 6.32. The maximum Gasteiger partial charge on any atom is 0.227 e. The Morgan fingerprint density at radius 2 is 1.94 bits per heavy atom. The standard InChI is InChI=1S/C21H25Cl2N7O/c1-13-11-16(22)29-4-3-15-12-24-21(26-18(15)19(13)29)25-17-14(2)30(27-20(17)23)6-5-28-7-9-31-10-8-28/h11-12H,3-10H2,1-2H3,(H,24,25,26). The van der Waals surface area contributed by atoms with Gasteiger partial charge in [-0.2, -0.15) is 5.10 Å². The molecule has 0 radical (unpaired) electrons. The normalized spacial score (nSPS) is 16.3. The molecule has 3 aromatic rings. The maximum atomic E-state index is 6.47. The highest BCUT2D eigenvalue weighted by Crippen LogP contribution is 2.36. The van der Waals surface area contributed by atoms with Gasteiger partial charge in [0.15, 0.2) is 5.15 Å². The Hall–Kier alpha value is -2.13. The molecule has 1 N–H and O–H groups in total. The van der Waals surface area contributed by atoms with Crippen LogP contribution in [0, 0.1) is 13.8 Å². The van der Waals surface area contributed by atoms with Gasteiger partial charge >= 0.3 is 0 Å². The second-order valence-corrected chi connectivity index (χ2v) is 8.77. The monoisotopic (exact) mass is 461 g/mol. The molecule has 2 aliphatic heterocycles. The first kappa shape index (κ1) is 20.8. The number of anilines is 2. The Morgan fingerprint density at radius 1 is 1.13 bits per heavy atom. The number of aryl methyl sites for hydroxylation is 2. The van der Waals surface area contributed by atoms with Gasteiger partial charge in [0, 0.05) is 37.9 Å². The second kappa shape index (κ2) is 8.43. The number of hydrogen-bond donors (Lipinski definition) is 1. The zero-order chi connectivity index (χ0) is 21.5. The molecule has 0 aliphatic carbocycles. The van der Waals surface area contributed by atoms with Crippen LogP contribution in [0.4, 0.5) is 11.6 Å². The first-order valence-electron chi connectivity index (χ1n) is 10.5. The minimum atomic E-state index is 0.420. The van der Waals surface area contributed by atoms with E-state index >= 15 is 0 Å². The summed E-state index contributed by atoms with van der Waals surface area (Å²) in [6, 6.07) is 1.99. The van der Waals surface area contributed by atoms with Gasteiger partial charge in [-0.25, -0.2) is 9.97 Å². The molecular weight excluding hydrogens is 437 g/mol. The number of rotatable bonds is 5. The molecule has 0 aromatic carbocycles. The van der Waals surface area contributed by atoms with Crippen molar-refractivity contribution in [1.29, 1.82) is 0 Å². The van der Waals surface area contributed by atoms with E-state index in [9.17, 15) is 0 Å². The molecule has 164 valence electrons. The molecule has 0 atom stereocenters. The summed E-state index contributed by atoms with van der Waals surface area (Å²) >= 11 is 12.9. The van der Waals surface area contributed by atoms with Gasteiger partial charge in [-0.05, 0) is 31.9 Å². The van der Waals surface area contributed by atoms with Crippen molar-refractivity contribution in [3.63, 3.8) is 0 Å². The van der Waals surface area contributed by atoms with Gasteiger partial charge in [0.2, 0.25) is 5.95 Å². The van der Waals surface area contributed by atoms with Crippen molar-refractivity contribution in [3.8, 4) is 11.4 Å². The fourth-order valence-electron chi connectivity index (χ4n) is 4.31. The summed E-state index contributed by atoms with van der Waals surface area (Å²) in [5, 5.41) is 8.97. The molecule has 0 unspecified atom stereocenters. The second-order valence-electron chi connectivity index (χ2n) is 8.02. The minimum absolute atomic E-state index is 0.420. The third-order valence-corrected chi connectivity index (χ3v) is 6.64. The van der Waals surface area contributed by atoms with Gasteiger partial charge in [0.25, 0.3) is 0 Å². The van der Waals surface area contributed by atoms with Crippen LogP contribution in [0.15, 0.2) is 12.3 Å². The SMILES string of the molecule is Cc1cc(Cl)n2c1-c1nc(Nc3c(Cl)nn(CCN4CCOCC4)c3C)ncc1CC2. The smallest absolute Gasteiger partial charge is 0.227 e. The quantitative estimate of drug-likeness (QED) is 0.624. The summed E-state index contributed by atoms with van der Waals surface area (Å²) < 4.78 is 9.46. The molecule has 0 amide bonds. The highest BCUT2D eigenvalue weighted by Gasteiger charge is 2.24. The van der Waals surface area contributed by atoms with Crippen LogP contribution in [0.2, 0.25) is 10.3 Å². The number of halogens is 2. The number of morpholine rings is 1. The van der Waals surface area contributed by atoms with E-state index in [0.29, 0.717) is 11.1 Å². The molecule has 1 saturated heterocycles. The summed E-state index contributed by atoms with van der Waals surface area (Å²) in [6.45, 7) is 10.1. The van der Waals surface area contributed by atoms with Crippen molar-refractivity contribution < 1.29 is 4.74 Å². The van der Waals surface area contributed by atoms with E-state index in [1.54, 1.807) is 0 Å². The Balaban J connectivity index is 1.38. The van der Waals surface area contributed by atoms with Crippen molar-refractivity contribution in [1.82, 2.24) is 29.2 Å². The van der Waals surface area contributed by atoms with Gasteiger partial charge in [-0.3, -0.25) is 9.58 Å². The molecule has 31 heavy (non-hydrogen) atoms. The summed E-state index contributed by atoms with van der Waals surface area (Å²) in [6.07, 6.45) is 2.75. The van der Waals surface area contributed by atoms with Crippen LogP contribution >= 0.6 is 23.2 Å². The van der Waals surface area contributed by atoms with E-state index in [1.165, 1.54) is 0 Å². The maximum absolute atomic E-state index is 6.47. The number of hydrogen-bond acceptors (Lipinski definition) is 6. The van der Waals surface area contributed by atoms with Crippen LogP contribution in [-0.2, 0) is 24.2 Å². The fourth-order valence-corrected chi connectivity index (χ4v) is 4.91. The molecule has 0 spiro atoms. The van der Waals surface area contributed by atoms with Gasteiger partial charge in [0.05, 0.1) is 36.8 Å². The largest absolute Gasteiger partial charge is 0.379 e. The predicted octanol–water partition coefficient (Wildman–Crippen LogP) is 3.70. The van der Waals surface area contributed by atoms with E-state index < -0.39 is 0 Å². The van der Waals surface area contributed by atoms with Gasteiger partial charge < -0.3 is 14.6 Å². The average molecular weight is 462 g/mol. The Kier molecular flexibility index (Phi) is 5.64. The van der Waals surface area contributed by atoms with E-state index in [0.717, 1.165) is 91.4 Å². The van der Waals surface area contributed by atoms with E-state index in [2.05, 4.69) is 31.8 Å². The zero-order valence-electron chi connectivity index (χ0n) is 17.7. The highest BCUT2D eigenvalue weighted by atomic mass is 35.5. The predicted molar refractivity (Wildman–Crippen MR) is 121 cm³/mol. The third kappa shape index (κ3) is 3.93. The summed E-state index contributed by atoms with van der Waals surface area (Å²) in [4.78, 5) is 11.7. The number of aromatic nitrogens is 5. The van der Waals surface area contributed by atoms with E-state index in [4.69, 9.17) is 32.9 Å². The van der Waals surface area contributed by atoms with Crippen LogP contribution in [0.3, 0.4) is 0 Å². The van der Waals surface area contributed by atoms with Gasteiger partial charge in [-0.1, -0.05) is 23.2 Å². The molecule has 5 heterocycles. The number of nitrogens with zero attached hydrogens (tertiary/aromatic N) is 6. The first-order valence-corrected chi connectivity index (χ1v) is 11.3. The van der Waals surface area contributed by atoms with Crippen LogP contribution in [0.5, 0.6) is 0 Å². The topological polar surface area (TPSA) is 73.0 Å². The van der Waals surface area contributed by atoms with Gasteiger partial charge in [-0.15, -0.1) is 0 Å². The van der Waals surface area contributed by atoms with Crippen LogP contribution in [0.1, 0.15) is 16.8 Å². The van der Waals surface area contributed by atoms with Gasteiger partial charge in [0.1, 0.15) is 10.8 Å². The Labute approximate surface area is 191 Å². The lowest BCUT2D eigenvalue weighted by atomic mass is 10.0. The number of nitrogens with one attached hydrogen (secondary N) is 1. The zero-order valence-corrected chi connectivity index (χ0v) is 19.2. The number of ether oxygens (including phenoxy) is 1. The van der Waals surface area contributed by atoms with Crippen LogP contribution in [0.25, 0.3) is 11.4 Å². The third-order valence-electron chi connectivity index (χ3n) is 6.06. The van der Waals surface area contributed by atoms with Crippen molar-refractivity contribution in [2.75, 3.05) is 38.2 Å². The molecular formula is C21H25Cl2N7O.